The van der Waals surface area contributed by atoms with E-state index in [-0.39, 0.29) is 0 Å². The maximum Gasteiger partial charge on any atom is 0.161 e. The lowest BCUT2D eigenvalue weighted by Gasteiger charge is -2.20. The smallest absolute Gasteiger partial charge is 0.161 e. The molecule has 0 spiro atoms. The van der Waals surface area contributed by atoms with E-state index in [0.717, 1.165) is 38.1 Å². The zero-order valence-corrected chi connectivity index (χ0v) is 13.9. The number of nitrogens with one attached hydrogen (secondary N) is 1. The molecule has 1 unspecified atom stereocenters. The van der Waals surface area contributed by atoms with E-state index in [1.807, 2.05) is 22.2 Å². The quantitative estimate of drug-likeness (QED) is 0.768. The number of hydrogen-bond donors (Lipinski definition) is 1. The molecule has 0 aliphatic heterocycles. The molecular weight excluding hydrogens is 282 g/mol. The van der Waals surface area contributed by atoms with Crippen LogP contribution in [-0.4, -0.2) is 23.4 Å². The van der Waals surface area contributed by atoms with E-state index in [4.69, 9.17) is 4.74 Å². The van der Waals surface area contributed by atoms with Crippen molar-refractivity contribution in [3.63, 3.8) is 0 Å². The molecule has 1 N–H and O–H groups in total. The lowest BCUT2D eigenvalue weighted by molar-refractivity contribution is 0.384. The fourth-order valence-electron chi connectivity index (χ4n) is 2.66. The van der Waals surface area contributed by atoms with Crippen molar-refractivity contribution in [1.29, 1.82) is 0 Å². The van der Waals surface area contributed by atoms with Crippen molar-refractivity contribution in [3.8, 4) is 5.75 Å². The van der Waals surface area contributed by atoms with Gasteiger partial charge < -0.3 is 10.1 Å². The zero-order chi connectivity index (χ0) is 15.1. The molecule has 0 aliphatic carbocycles. The highest BCUT2D eigenvalue weighted by molar-refractivity contribution is 7.09. The number of ether oxygens (including phenoxy) is 1. The van der Waals surface area contributed by atoms with Gasteiger partial charge in [0, 0.05) is 11.4 Å². The lowest BCUT2D eigenvalue weighted by atomic mass is 10.0. The van der Waals surface area contributed by atoms with Gasteiger partial charge in [-0.05, 0) is 44.2 Å². The van der Waals surface area contributed by atoms with Crippen LogP contribution in [0.3, 0.4) is 0 Å². The number of thiophene rings is 1. The molecule has 2 aromatic heterocycles. The zero-order valence-electron chi connectivity index (χ0n) is 13.1. The second-order valence-corrected chi connectivity index (χ2v) is 6.03. The maximum absolute atomic E-state index is 5.49. The molecule has 0 bridgehead atoms. The van der Waals surface area contributed by atoms with Gasteiger partial charge in [0.05, 0.1) is 25.0 Å². The summed E-state index contributed by atoms with van der Waals surface area (Å²) in [5.41, 5.74) is 1.17. The third-order valence-corrected chi connectivity index (χ3v) is 4.58. The fraction of sp³-hybridized carbons (Fsp3) is 0.562. The van der Waals surface area contributed by atoms with Crippen LogP contribution in [0.1, 0.15) is 43.3 Å². The van der Waals surface area contributed by atoms with E-state index in [0.29, 0.717) is 6.04 Å². The first-order valence-electron chi connectivity index (χ1n) is 7.65. The van der Waals surface area contributed by atoms with Gasteiger partial charge in [-0.2, -0.15) is 5.10 Å². The number of aromatic nitrogens is 2. The van der Waals surface area contributed by atoms with Crippen molar-refractivity contribution in [3.05, 3.63) is 34.3 Å². The largest absolute Gasteiger partial charge is 0.493 e. The van der Waals surface area contributed by atoms with Gasteiger partial charge in [0.25, 0.3) is 0 Å². The Morgan fingerprint density at radius 1 is 1.43 bits per heavy atom. The predicted octanol–water partition coefficient (Wildman–Crippen LogP) is 3.65. The van der Waals surface area contributed by atoms with Crippen LogP contribution in [-0.2, 0) is 13.0 Å². The lowest BCUT2D eigenvalue weighted by Crippen LogP contribution is -2.24. The van der Waals surface area contributed by atoms with E-state index in [2.05, 4.69) is 41.8 Å². The second-order valence-electron chi connectivity index (χ2n) is 5.00. The van der Waals surface area contributed by atoms with Gasteiger partial charge in [-0.25, -0.2) is 0 Å². The van der Waals surface area contributed by atoms with Crippen molar-refractivity contribution in [2.45, 2.75) is 45.7 Å². The fourth-order valence-corrected chi connectivity index (χ4v) is 3.41. The summed E-state index contributed by atoms with van der Waals surface area (Å²) < 4.78 is 7.53. The average Bonchev–Trinajstić information content (AvgIpc) is 3.15. The van der Waals surface area contributed by atoms with Crippen LogP contribution >= 0.6 is 11.3 Å². The van der Waals surface area contributed by atoms with Gasteiger partial charge in [-0.15, -0.1) is 11.3 Å². The van der Waals surface area contributed by atoms with Crippen LogP contribution in [0, 0.1) is 0 Å². The van der Waals surface area contributed by atoms with Crippen LogP contribution in [0.5, 0.6) is 5.75 Å². The predicted molar refractivity (Wildman–Crippen MR) is 88.1 cm³/mol. The molecule has 1 atom stereocenters. The summed E-state index contributed by atoms with van der Waals surface area (Å²) in [7, 11) is 1.72. The van der Waals surface area contributed by atoms with Gasteiger partial charge >= 0.3 is 0 Å². The van der Waals surface area contributed by atoms with Gasteiger partial charge in [-0.3, -0.25) is 4.68 Å². The molecule has 4 nitrogen and oxygen atoms in total. The number of methoxy groups -OCH3 is 1. The standard InChI is InChI=1S/C16H25N3OS/c1-4-17-14(10-6-8-13-9-7-11-21-13)16-15(20-3)12-18-19(16)5-2/h7,9,11-12,14,17H,4-6,8,10H2,1-3H3. The Bertz CT molecular complexity index is 500. The Morgan fingerprint density at radius 2 is 2.29 bits per heavy atom. The number of nitrogens with zero attached hydrogens (tertiary/aromatic N) is 2. The first-order valence-corrected chi connectivity index (χ1v) is 8.53. The molecule has 0 fully saturated rings. The summed E-state index contributed by atoms with van der Waals surface area (Å²) in [5, 5.41) is 10.1. The molecule has 2 rings (SSSR count). The van der Waals surface area contributed by atoms with E-state index >= 15 is 0 Å². The van der Waals surface area contributed by atoms with Gasteiger partial charge in [0.1, 0.15) is 0 Å². The molecule has 0 amide bonds. The molecular formula is C16H25N3OS. The summed E-state index contributed by atoms with van der Waals surface area (Å²) in [6, 6.07) is 4.63. The Labute approximate surface area is 131 Å². The van der Waals surface area contributed by atoms with Crippen LogP contribution in [0.15, 0.2) is 23.7 Å². The molecule has 2 heterocycles. The average molecular weight is 307 g/mol. The number of hydrogen-bond acceptors (Lipinski definition) is 4. The van der Waals surface area contributed by atoms with Crippen molar-refractivity contribution >= 4 is 11.3 Å². The summed E-state index contributed by atoms with van der Waals surface area (Å²) in [6.07, 6.45) is 5.22. The topological polar surface area (TPSA) is 39.1 Å². The van der Waals surface area contributed by atoms with E-state index in [1.165, 1.54) is 10.6 Å². The maximum atomic E-state index is 5.49. The van der Waals surface area contributed by atoms with Crippen molar-refractivity contribution in [2.24, 2.45) is 0 Å². The molecule has 5 heteroatoms. The molecule has 0 aliphatic rings. The van der Waals surface area contributed by atoms with Crippen molar-refractivity contribution < 1.29 is 4.74 Å². The monoisotopic (exact) mass is 307 g/mol. The van der Waals surface area contributed by atoms with Gasteiger partial charge in [0.15, 0.2) is 5.75 Å². The van der Waals surface area contributed by atoms with Crippen molar-refractivity contribution in [2.75, 3.05) is 13.7 Å². The van der Waals surface area contributed by atoms with Crippen LogP contribution in [0.25, 0.3) is 0 Å². The van der Waals surface area contributed by atoms with Crippen LogP contribution in [0.4, 0.5) is 0 Å². The van der Waals surface area contributed by atoms with Crippen LogP contribution < -0.4 is 10.1 Å². The Morgan fingerprint density at radius 3 is 2.90 bits per heavy atom. The van der Waals surface area contributed by atoms with Gasteiger partial charge in [0.2, 0.25) is 0 Å². The minimum absolute atomic E-state index is 0.298. The SMILES string of the molecule is CCNC(CCCc1cccs1)c1c(OC)cnn1CC. The molecule has 0 saturated carbocycles. The van der Waals surface area contributed by atoms with E-state index in [1.54, 1.807) is 7.11 Å². The van der Waals surface area contributed by atoms with E-state index in [9.17, 15) is 0 Å². The summed E-state index contributed by atoms with van der Waals surface area (Å²) >= 11 is 1.84. The third-order valence-electron chi connectivity index (χ3n) is 3.64. The molecule has 2 aromatic rings. The van der Waals surface area contributed by atoms with Crippen molar-refractivity contribution in [1.82, 2.24) is 15.1 Å². The van der Waals surface area contributed by atoms with Gasteiger partial charge in [-0.1, -0.05) is 13.0 Å². The Kier molecular flexibility index (Phi) is 6.26. The Hall–Kier alpha value is -1.33. The summed E-state index contributed by atoms with van der Waals surface area (Å²) in [6.45, 7) is 6.07. The highest BCUT2D eigenvalue weighted by Crippen LogP contribution is 2.28. The summed E-state index contributed by atoms with van der Waals surface area (Å²) in [5.74, 6) is 0.888. The Balaban J connectivity index is 2.05. The van der Waals surface area contributed by atoms with E-state index < -0.39 is 0 Å². The minimum atomic E-state index is 0.298. The molecule has 21 heavy (non-hydrogen) atoms. The third kappa shape index (κ3) is 4.08. The normalized spacial score (nSPS) is 12.5. The highest BCUT2D eigenvalue weighted by Gasteiger charge is 2.20. The second kappa shape index (κ2) is 8.20. The molecule has 0 saturated heterocycles. The molecule has 116 valence electrons. The summed E-state index contributed by atoms with van der Waals surface area (Å²) in [4.78, 5) is 1.46. The first-order chi connectivity index (χ1) is 10.3. The highest BCUT2D eigenvalue weighted by atomic mass is 32.1. The number of rotatable bonds is 9. The first kappa shape index (κ1) is 16.0. The molecule has 0 radical (unpaired) electrons. The number of aryl methyl sites for hydroxylation is 2. The van der Waals surface area contributed by atoms with Crippen LogP contribution in [0.2, 0.25) is 0 Å². The minimum Gasteiger partial charge on any atom is -0.493 e. The molecule has 0 aromatic carbocycles.